The Morgan fingerprint density at radius 3 is 1.46 bits per heavy atom. The molecule has 0 aromatic carbocycles. The summed E-state index contributed by atoms with van der Waals surface area (Å²) < 4.78 is 5.52. The smallest absolute Gasteiger partial charge is 0.0527 e. The Bertz CT molecular complexity index is 268. The summed E-state index contributed by atoms with van der Waals surface area (Å²) >= 11 is 0. The van der Waals surface area contributed by atoms with Gasteiger partial charge in [-0.05, 0) is 17.9 Å². The molecule has 0 aliphatic rings. The third-order valence-electron chi connectivity index (χ3n) is 5.97. The van der Waals surface area contributed by atoms with Gasteiger partial charge >= 0.3 is 0 Å². The van der Waals surface area contributed by atoms with Gasteiger partial charge in [-0.25, -0.2) is 0 Å². The van der Waals surface area contributed by atoms with E-state index < -0.39 is 8.07 Å². The average molecular weight is 357 g/mol. The zero-order valence-electron chi connectivity index (χ0n) is 18.0. The van der Waals surface area contributed by atoms with Crippen LogP contribution >= 0.6 is 0 Å². The molecule has 24 heavy (non-hydrogen) atoms. The standard InChI is InChI=1S/C22H48OSi/c1-7-19-23-20-17-15-13-11-9-8-10-12-14-16-18-21-24(5,6)22(2,3)4/h7-21H2,1-6H3. The van der Waals surface area contributed by atoms with Gasteiger partial charge < -0.3 is 4.74 Å². The van der Waals surface area contributed by atoms with Crippen LogP contribution in [-0.4, -0.2) is 21.3 Å². The second-order valence-corrected chi connectivity index (χ2v) is 15.2. The maximum atomic E-state index is 5.52. The third-order valence-corrected chi connectivity index (χ3v) is 11.6. The maximum Gasteiger partial charge on any atom is 0.0527 e. The molecule has 0 aliphatic heterocycles. The van der Waals surface area contributed by atoms with E-state index in [1.165, 1.54) is 76.7 Å². The molecule has 0 bridgehead atoms. The molecule has 0 saturated heterocycles. The van der Waals surface area contributed by atoms with Crippen molar-refractivity contribution in [2.45, 2.75) is 129 Å². The summed E-state index contributed by atoms with van der Waals surface area (Å²) in [5.41, 5.74) is 0. The van der Waals surface area contributed by atoms with E-state index >= 15 is 0 Å². The van der Waals surface area contributed by atoms with Crippen LogP contribution in [0.1, 0.15) is 105 Å². The zero-order chi connectivity index (χ0) is 18.3. The van der Waals surface area contributed by atoms with Gasteiger partial charge in [0.2, 0.25) is 0 Å². The Morgan fingerprint density at radius 1 is 0.625 bits per heavy atom. The van der Waals surface area contributed by atoms with Crippen LogP contribution in [0.25, 0.3) is 0 Å². The molecule has 0 aliphatic carbocycles. The summed E-state index contributed by atoms with van der Waals surface area (Å²) in [5, 5.41) is 0.565. The van der Waals surface area contributed by atoms with E-state index in [-0.39, 0.29) is 0 Å². The quantitative estimate of drug-likeness (QED) is 0.200. The summed E-state index contributed by atoms with van der Waals surface area (Å²) in [5.74, 6) is 0. The van der Waals surface area contributed by atoms with Crippen LogP contribution in [0, 0.1) is 0 Å². The Balaban J connectivity index is 3.24. The fraction of sp³-hybridized carbons (Fsp3) is 1.00. The highest BCUT2D eigenvalue weighted by Crippen LogP contribution is 2.39. The molecule has 1 nitrogen and oxygen atoms in total. The first kappa shape index (κ1) is 24.2. The van der Waals surface area contributed by atoms with Crippen LogP contribution in [0.4, 0.5) is 0 Å². The van der Waals surface area contributed by atoms with Crippen LogP contribution < -0.4 is 0 Å². The van der Waals surface area contributed by atoms with Gasteiger partial charge in [0.05, 0.1) is 8.07 Å². The van der Waals surface area contributed by atoms with E-state index in [1.807, 2.05) is 0 Å². The minimum atomic E-state index is -1.02. The molecule has 0 radical (unpaired) electrons. The number of ether oxygens (including phenoxy) is 1. The van der Waals surface area contributed by atoms with Gasteiger partial charge in [0.25, 0.3) is 0 Å². The van der Waals surface area contributed by atoms with Crippen molar-refractivity contribution >= 4 is 8.07 Å². The van der Waals surface area contributed by atoms with Gasteiger partial charge in [0, 0.05) is 13.2 Å². The molecule has 0 aromatic heterocycles. The van der Waals surface area contributed by atoms with Crippen LogP contribution in [0.3, 0.4) is 0 Å². The predicted molar refractivity (Wildman–Crippen MR) is 114 cm³/mol. The van der Waals surface area contributed by atoms with Gasteiger partial charge in [-0.15, -0.1) is 0 Å². The Kier molecular flexibility index (Phi) is 14.5. The van der Waals surface area contributed by atoms with E-state index in [0.717, 1.165) is 19.6 Å². The van der Waals surface area contributed by atoms with E-state index in [4.69, 9.17) is 4.74 Å². The molecule has 0 N–H and O–H groups in total. The maximum absolute atomic E-state index is 5.52. The monoisotopic (exact) mass is 356 g/mol. The number of unbranched alkanes of at least 4 members (excludes halogenated alkanes) is 10. The molecule has 0 heterocycles. The molecule has 0 spiro atoms. The third kappa shape index (κ3) is 13.5. The first-order valence-electron chi connectivity index (χ1n) is 10.9. The molecule has 0 saturated carbocycles. The second kappa shape index (κ2) is 14.4. The Labute approximate surface area is 155 Å². The Morgan fingerprint density at radius 2 is 1.04 bits per heavy atom. The predicted octanol–water partition coefficient (Wildman–Crippen LogP) is 8.21. The lowest BCUT2D eigenvalue weighted by Crippen LogP contribution is -2.36. The minimum absolute atomic E-state index is 0.565. The molecular weight excluding hydrogens is 308 g/mol. The first-order chi connectivity index (χ1) is 11.3. The summed E-state index contributed by atoms with van der Waals surface area (Å²) in [4.78, 5) is 0. The lowest BCUT2D eigenvalue weighted by atomic mass is 10.1. The SMILES string of the molecule is CCCOCCCCCCCCCCCCC[Si](C)(C)C(C)(C)C. The summed E-state index contributed by atoms with van der Waals surface area (Å²) in [6.45, 7) is 16.6. The highest BCUT2D eigenvalue weighted by molar-refractivity contribution is 6.80. The van der Waals surface area contributed by atoms with E-state index in [1.54, 1.807) is 0 Å². The lowest BCUT2D eigenvalue weighted by molar-refractivity contribution is 0.130. The van der Waals surface area contributed by atoms with Crippen molar-refractivity contribution in [1.82, 2.24) is 0 Å². The molecule has 0 atom stereocenters. The van der Waals surface area contributed by atoms with Crippen molar-refractivity contribution in [3.63, 3.8) is 0 Å². The number of rotatable bonds is 16. The summed E-state index contributed by atoms with van der Waals surface area (Å²) in [6.07, 6.45) is 16.8. The molecule has 0 unspecified atom stereocenters. The lowest BCUT2D eigenvalue weighted by Gasteiger charge is -2.37. The van der Waals surface area contributed by atoms with Crippen molar-refractivity contribution in [2.24, 2.45) is 0 Å². The van der Waals surface area contributed by atoms with Crippen molar-refractivity contribution < 1.29 is 4.74 Å². The highest BCUT2D eigenvalue weighted by atomic mass is 28.3. The van der Waals surface area contributed by atoms with Gasteiger partial charge in [0.15, 0.2) is 0 Å². The van der Waals surface area contributed by atoms with Crippen molar-refractivity contribution in [2.75, 3.05) is 13.2 Å². The van der Waals surface area contributed by atoms with Crippen LogP contribution in [0.2, 0.25) is 24.2 Å². The van der Waals surface area contributed by atoms with E-state index in [0.29, 0.717) is 5.04 Å². The molecule has 0 aromatic rings. The summed E-state index contributed by atoms with van der Waals surface area (Å²) in [7, 11) is -1.02. The first-order valence-corrected chi connectivity index (χ1v) is 14.1. The zero-order valence-corrected chi connectivity index (χ0v) is 19.0. The molecular formula is C22H48OSi. The van der Waals surface area contributed by atoms with Crippen LogP contribution in [0.15, 0.2) is 0 Å². The van der Waals surface area contributed by atoms with E-state index in [2.05, 4.69) is 40.8 Å². The van der Waals surface area contributed by atoms with Crippen molar-refractivity contribution in [3.8, 4) is 0 Å². The topological polar surface area (TPSA) is 9.23 Å². The van der Waals surface area contributed by atoms with Gasteiger partial charge in [-0.1, -0.05) is 111 Å². The second-order valence-electron chi connectivity index (χ2n) is 9.39. The van der Waals surface area contributed by atoms with Crippen LogP contribution in [-0.2, 0) is 4.74 Å². The summed E-state index contributed by atoms with van der Waals surface area (Å²) in [6, 6.07) is 1.51. The number of hydrogen-bond acceptors (Lipinski definition) is 1. The van der Waals surface area contributed by atoms with Gasteiger partial charge in [-0.3, -0.25) is 0 Å². The largest absolute Gasteiger partial charge is 0.381 e. The fourth-order valence-electron chi connectivity index (χ4n) is 2.98. The van der Waals surface area contributed by atoms with Gasteiger partial charge in [0.1, 0.15) is 0 Å². The molecule has 2 heteroatoms. The van der Waals surface area contributed by atoms with E-state index in [9.17, 15) is 0 Å². The number of hydrogen-bond donors (Lipinski definition) is 0. The normalized spacial score (nSPS) is 12.8. The Hall–Kier alpha value is 0.177. The fourth-order valence-corrected chi connectivity index (χ4v) is 4.87. The molecule has 0 rings (SSSR count). The van der Waals surface area contributed by atoms with Crippen molar-refractivity contribution in [1.29, 1.82) is 0 Å². The average Bonchev–Trinajstić information content (AvgIpc) is 2.50. The molecule has 0 fully saturated rings. The van der Waals surface area contributed by atoms with Crippen LogP contribution in [0.5, 0.6) is 0 Å². The molecule has 146 valence electrons. The van der Waals surface area contributed by atoms with Crippen molar-refractivity contribution in [3.05, 3.63) is 0 Å². The van der Waals surface area contributed by atoms with Gasteiger partial charge in [-0.2, -0.15) is 0 Å². The molecule has 0 amide bonds. The minimum Gasteiger partial charge on any atom is -0.381 e. The highest BCUT2D eigenvalue weighted by Gasteiger charge is 2.33.